The SMILES string of the molecule is CCCCCCC=CCCC[C@H](CNC)C[C@H](CC(=O)O)CC1(c2ccccc2)CCCC1. The second kappa shape index (κ2) is 16.1. The van der Waals surface area contributed by atoms with Crippen molar-refractivity contribution in [2.24, 2.45) is 11.8 Å². The third kappa shape index (κ3) is 10.5. The highest BCUT2D eigenvalue weighted by atomic mass is 16.4. The molecule has 2 N–H and O–H groups in total. The van der Waals surface area contributed by atoms with E-state index in [1.165, 1.54) is 76.2 Å². The van der Waals surface area contributed by atoms with E-state index in [1.54, 1.807) is 0 Å². The topological polar surface area (TPSA) is 49.3 Å². The van der Waals surface area contributed by atoms with Crippen molar-refractivity contribution in [3.63, 3.8) is 0 Å². The molecule has 186 valence electrons. The van der Waals surface area contributed by atoms with E-state index in [2.05, 4.69) is 54.7 Å². The first-order valence-electron chi connectivity index (χ1n) is 13.7. The summed E-state index contributed by atoms with van der Waals surface area (Å²) >= 11 is 0. The maximum absolute atomic E-state index is 11.8. The molecule has 0 radical (unpaired) electrons. The molecule has 0 amide bonds. The average molecular weight is 456 g/mol. The molecule has 1 aliphatic rings. The van der Waals surface area contributed by atoms with Crippen LogP contribution in [0.3, 0.4) is 0 Å². The van der Waals surface area contributed by atoms with Gasteiger partial charge in [0.1, 0.15) is 0 Å². The third-order valence-corrected chi connectivity index (χ3v) is 7.62. The number of allylic oxidation sites excluding steroid dienone is 2. The molecular weight excluding hydrogens is 406 g/mol. The molecule has 0 unspecified atom stereocenters. The summed E-state index contributed by atoms with van der Waals surface area (Å²) in [5.74, 6) is 0.148. The van der Waals surface area contributed by atoms with Crippen molar-refractivity contribution in [1.82, 2.24) is 5.32 Å². The highest BCUT2D eigenvalue weighted by molar-refractivity contribution is 5.67. The fourth-order valence-corrected chi connectivity index (χ4v) is 6.00. The predicted molar refractivity (Wildman–Crippen MR) is 141 cm³/mol. The maximum atomic E-state index is 11.8. The van der Waals surface area contributed by atoms with E-state index >= 15 is 0 Å². The van der Waals surface area contributed by atoms with Crippen LogP contribution in [0.25, 0.3) is 0 Å². The van der Waals surface area contributed by atoms with Crippen LogP contribution in [-0.4, -0.2) is 24.7 Å². The van der Waals surface area contributed by atoms with Gasteiger partial charge in [-0.2, -0.15) is 0 Å². The van der Waals surface area contributed by atoms with Gasteiger partial charge < -0.3 is 10.4 Å². The molecule has 3 nitrogen and oxygen atoms in total. The lowest BCUT2D eigenvalue weighted by molar-refractivity contribution is -0.138. The molecule has 1 saturated carbocycles. The molecule has 0 aliphatic heterocycles. The summed E-state index contributed by atoms with van der Waals surface area (Å²) in [4.78, 5) is 11.8. The Hall–Kier alpha value is -1.61. The fraction of sp³-hybridized carbons (Fsp3) is 0.700. The van der Waals surface area contributed by atoms with Gasteiger partial charge in [-0.15, -0.1) is 0 Å². The second-order valence-electron chi connectivity index (χ2n) is 10.4. The van der Waals surface area contributed by atoms with Crippen LogP contribution < -0.4 is 5.32 Å². The van der Waals surface area contributed by atoms with Crippen LogP contribution in [0.2, 0.25) is 0 Å². The van der Waals surface area contributed by atoms with Gasteiger partial charge in [0.05, 0.1) is 0 Å². The minimum atomic E-state index is -0.643. The van der Waals surface area contributed by atoms with E-state index in [0.717, 1.165) is 25.8 Å². The minimum Gasteiger partial charge on any atom is -0.481 e. The van der Waals surface area contributed by atoms with Crippen LogP contribution in [0.4, 0.5) is 0 Å². The zero-order chi connectivity index (χ0) is 23.8. The third-order valence-electron chi connectivity index (χ3n) is 7.62. The highest BCUT2D eigenvalue weighted by Crippen LogP contribution is 2.47. The van der Waals surface area contributed by atoms with E-state index in [-0.39, 0.29) is 11.3 Å². The molecular formula is C30H49NO2. The summed E-state index contributed by atoms with van der Waals surface area (Å²) in [6.45, 7) is 3.24. The number of carboxylic acids is 1. The largest absolute Gasteiger partial charge is 0.481 e. The Morgan fingerprint density at radius 2 is 1.73 bits per heavy atom. The number of hydrogen-bond acceptors (Lipinski definition) is 2. The van der Waals surface area contributed by atoms with Crippen LogP contribution in [-0.2, 0) is 10.2 Å². The molecule has 1 aromatic carbocycles. The Balaban J connectivity index is 1.92. The van der Waals surface area contributed by atoms with Crippen LogP contribution in [0, 0.1) is 11.8 Å². The van der Waals surface area contributed by atoms with Crippen molar-refractivity contribution in [3.8, 4) is 0 Å². The van der Waals surface area contributed by atoms with E-state index in [0.29, 0.717) is 12.3 Å². The molecule has 1 aliphatic carbocycles. The number of aliphatic carboxylic acids is 1. The molecule has 1 aromatic rings. The van der Waals surface area contributed by atoms with Crippen molar-refractivity contribution in [2.75, 3.05) is 13.6 Å². The van der Waals surface area contributed by atoms with Gasteiger partial charge in [-0.25, -0.2) is 0 Å². The maximum Gasteiger partial charge on any atom is 0.303 e. The van der Waals surface area contributed by atoms with Crippen molar-refractivity contribution in [1.29, 1.82) is 0 Å². The highest BCUT2D eigenvalue weighted by Gasteiger charge is 2.38. The summed E-state index contributed by atoms with van der Waals surface area (Å²) in [5.41, 5.74) is 1.60. The van der Waals surface area contributed by atoms with Gasteiger partial charge in [-0.1, -0.05) is 81.5 Å². The molecule has 1 fully saturated rings. The molecule has 3 heteroatoms. The van der Waals surface area contributed by atoms with Crippen LogP contribution >= 0.6 is 0 Å². The lowest BCUT2D eigenvalue weighted by atomic mass is 9.70. The molecule has 0 aromatic heterocycles. The number of hydrogen-bond donors (Lipinski definition) is 2. The Morgan fingerprint density at radius 3 is 2.36 bits per heavy atom. The Kier molecular flexibility index (Phi) is 13.5. The van der Waals surface area contributed by atoms with Gasteiger partial charge in [-0.05, 0) is 94.2 Å². The molecule has 0 heterocycles. The number of unbranched alkanes of at least 4 members (excludes halogenated alkanes) is 5. The normalized spacial score (nSPS) is 17.4. The molecule has 33 heavy (non-hydrogen) atoms. The molecule has 0 spiro atoms. The first-order valence-corrected chi connectivity index (χ1v) is 13.7. The zero-order valence-electron chi connectivity index (χ0n) is 21.4. The number of carbonyl (C=O) groups is 1. The van der Waals surface area contributed by atoms with Crippen molar-refractivity contribution in [2.45, 2.75) is 109 Å². The van der Waals surface area contributed by atoms with Crippen molar-refractivity contribution in [3.05, 3.63) is 48.0 Å². The van der Waals surface area contributed by atoms with Gasteiger partial charge in [0.25, 0.3) is 0 Å². The lowest BCUT2D eigenvalue weighted by Gasteiger charge is -2.35. The monoisotopic (exact) mass is 455 g/mol. The molecule has 2 atom stereocenters. The first-order chi connectivity index (χ1) is 16.1. The van der Waals surface area contributed by atoms with Gasteiger partial charge in [0.15, 0.2) is 0 Å². The summed E-state index contributed by atoms with van der Waals surface area (Å²) in [5, 5.41) is 13.1. The van der Waals surface area contributed by atoms with Crippen molar-refractivity contribution < 1.29 is 9.90 Å². The second-order valence-corrected chi connectivity index (χ2v) is 10.4. The predicted octanol–water partition coefficient (Wildman–Crippen LogP) is 7.90. The van der Waals surface area contributed by atoms with Crippen LogP contribution in [0.5, 0.6) is 0 Å². The van der Waals surface area contributed by atoms with E-state index in [1.807, 2.05) is 7.05 Å². The van der Waals surface area contributed by atoms with E-state index in [9.17, 15) is 9.90 Å². The number of rotatable bonds is 18. The minimum absolute atomic E-state index is 0.173. The number of benzene rings is 1. The summed E-state index contributed by atoms with van der Waals surface area (Å²) < 4.78 is 0. The van der Waals surface area contributed by atoms with Crippen LogP contribution in [0.1, 0.15) is 109 Å². The van der Waals surface area contributed by atoms with E-state index in [4.69, 9.17) is 0 Å². The van der Waals surface area contributed by atoms with Crippen molar-refractivity contribution >= 4 is 5.97 Å². The fourth-order valence-electron chi connectivity index (χ4n) is 6.00. The molecule has 0 bridgehead atoms. The number of carboxylic acid groups (broad SMARTS) is 1. The van der Waals surface area contributed by atoms with Gasteiger partial charge in [0.2, 0.25) is 0 Å². The summed E-state index contributed by atoms with van der Waals surface area (Å²) in [6, 6.07) is 10.9. The Labute approximate surface area is 203 Å². The standard InChI is InChI=1S/C30H49NO2/c1-3-4-5-6-7-8-9-10-12-17-26(25-31-2)22-27(23-29(32)33)24-30(20-15-16-21-30)28-18-13-11-14-19-28/h8-9,11,13-14,18-19,26-27,31H,3-7,10,12,15-17,20-25H2,1-2H3,(H,32,33)/t26-,27+/m0/s1. The zero-order valence-corrected chi connectivity index (χ0v) is 21.4. The first kappa shape index (κ1) is 27.6. The summed E-state index contributed by atoms with van der Waals surface area (Å²) in [6.07, 6.45) is 22.0. The summed E-state index contributed by atoms with van der Waals surface area (Å²) in [7, 11) is 2.03. The number of nitrogens with one attached hydrogen (secondary N) is 1. The van der Waals surface area contributed by atoms with Gasteiger partial charge in [0, 0.05) is 6.42 Å². The van der Waals surface area contributed by atoms with Gasteiger partial charge >= 0.3 is 5.97 Å². The lowest BCUT2D eigenvalue weighted by Crippen LogP contribution is -2.29. The quantitative estimate of drug-likeness (QED) is 0.175. The molecule has 2 rings (SSSR count). The Bertz CT molecular complexity index is 663. The van der Waals surface area contributed by atoms with E-state index < -0.39 is 5.97 Å². The Morgan fingerprint density at radius 1 is 1.03 bits per heavy atom. The average Bonchev–Trinajstić information content (AvgIpc) is 3.28. The molecule has 0 saturated heterocycles. The van der Waals surface area contributed by atoms with Crippen LogP contribution in [0.15, 0.2) is 42.5 Å². The van der Waals surface area contributed by atoms with Gasteiger partial charge in [-0.3, -0.25) is 4.79 Å². The smallest absolute Gasteiger partial charge is 0.303 e.